The monoisotopic (exact) mass is 296 g/mol. The van der Waals surface area contributed by atoms with Crippen LogP contribution in [0.4, 0.5) is 22.0 Å². The van der Waals surface area contributed by atoms with Gasteiger partial charge < -0.3 is 10.6 Å². The molecule has 2 heterocycles. The summed E-state index contributed by atoms with van der Waals surface area (Å²) in [7, 11) is 1.70. The first kappa shape index (κ1) is 14.4. The van der Waals surface area contributed by atoms with Crippen LogP contribution in [0.3, 0.4) is 0 Å². The minimum Gasteiger partial charge on any atom is -0.357 e. The van der Waals surface area contributed by atoms with Gasteiger partial charge in [-0.2, -0.15) is 19.3 Å². The van der Waals surface area contributed by atoms with E-state index < -0.39 is 5.95 Å². The van der Waals surface area contributed by atoms with Gasteiger partial charge in [-0.05, 0) is 20.8 Å². The molecule has 0 unspecified atom stereocenters. The maximum absolute atomic E-state index is 13.7. The number of aromatic nitrogens is 4. The Kier molecular flexibility index (Phi) is 3.99. The number of aryl methyl sites for hydroxylation is 2. The zero-order chi connectivity index (χ0) is 14.9. The van der Waals surface area contributed by atoms with E-state index in [0.29, 0.717) is 33.7 Å². The number of hydrogen-bond acceptors (Lipinski definition) is 6. The van der Waals surface area contributed by atoms with E-state index in [2.05, 4.69) is 30.6 Å². The molecule has 0 aliphatic heterocycles. The average Bonchev–Trinajstić information content (AvgIpc) is 2.40. The molecular weight excluding hydrogens is 283 g/mol. The highest BCUT2D eigenvalue weighted by atomic mass is 35.5. The molecule has 0 saturated carbocycles. The predicted octanol–water partition coefficient (Wildman–Crippen LogP) is 2.77. The summed E-state index contributed by atoms with van der Waals surface area (Å²) in [5.41, 5.74) is 1.12. The second-order valence-corrected chi connectivity index (χ2v) is 4.58. The third-order valence-electron chi connectivity index (χ3n) is 2.70. The predicted molar refractivity (Wildman–Crippen MR) is 76.1 cm³/mol. The van der Waals surface area contributed by atoms with Crippen molar-refractivity contribution in [3.05, 3.63) is 28.1 Å². The topological polar surface area (TPSA) is 75.6 Å². The molecule has 0 radical (unpaired) electrons. The zero-order valence-electron chi connectivity index (χ0n) is 11.5. The molecule has 0 amide bonds. The zero-order valence-corrected chi connectivity index (χ0v) is 12.3. The molecule has 0 aromatic carbocycles. The van der Waals surface area contributed by atoms with Gasteiger partial charge in [0.25, 0.3) is 0 Å². The van der Waals surface area contributed by atoms with Crippen LogP contribution in [0.2, 0.25) is 5.02 Å². The molecular formula is C12H14ClFN6. The van der Waals surface area contributed by atoms with E-state index in [1.807, 2.05) is 0 Å². The van der Waals surface area contributed by atoms with E-state index in [0.717, 1.165) is 0 Å². The smallest absolute Gasteiger partial charge is 0.232 e. The Morgan fingerprint density at radius 2 is 1.65 bits per heavy atom. The number of halogens is 2. The van der Waals surface area contributed by atoms with Crippen LogP contribution in [-0.2, 0) is 0 Å². The summed E-state index contributed by atoms with van der Waals surface area (Å²) in [6.07, 6.45) is 0. The number of anilines is 3. The van der Waals surface area contributed by atoms with Gasteiger partial charge in [0.2, 0.25) is 17.8 Å². The lowest BCUT2D eigenvalue weighted by Gasteiger charge is -2.13. The van der Waals surface area contributed by atoms with Crippen molar-refractivity contribution in [2.24, 2.45) is 0 Å². The standard InChI is InChI=1S/C12H14ClFN6/c1-5-9(8(13)6(2)16-10(5)14)19-12-18-7(3)17-11(15-4)20-12/h1-4H3,(H2,15,16,17,18,19,20). The van der Waals surface area contributed by atoms with Crippen LogP contribution in [0, 0.1) is 26.7 Å². The molecule has 6 nitrogen and oxygen atoms in total. The Morgan fingerprint density at radius 1 is 1.00 bits per heavy atom. The normalized spacial score (nSPS) is 10.5. The third kappa shape index (κ3) is 2.77. The second-order valence-electron chi connectivity index (χ2n) is 4.21. The fourth-order valence-corrected chi connectivity index (χ4v) is 1.87. The lowest BCUT2D eigenvalue weighted by molar-refractivity contribution is 0.572. The number of nitrogens with zero attached hydrogens (tertiary/aromatic N) is 4. The van der Waals surface area contributed by atoms with E-state index in [1.165, 1.54) is 0 Å². The van der Waals surface area contributed by atoms with Crippen molar-refractivity contribution in [3.63, 3.8) is 0 Å². The Bertz CT molecular complexity index is 635. The first-order valence-corrected chi connectivity index (χ1v) is 6.29. The molecule has 0 bridgehead atoms. The summed E-state index contributed by atoms with van der Waals surface area (Å²) >= 11 is 6.16. The molecule has 0 atom stereocenters. The Morgan fingerprint density at radius 3 is 2.30 bits per heavy atom. The van der Waals surface area contributed by atoms with Crippen LogP contribution in [0.25, 0.3) is 0 Å². The van der Waals surface area contributed by atoms with E-state index in [9.17, 15) is 4.39 Å². The lowest BCUT2D eigenvalue weighted by atomic mass is 10.2. The lowest BCUT2D eigenvalue weighted by Crippen LogP contribution is -2.07. The van der Waals surface area contributed by atoms with Crippen LogP contribution in [0.5, 0.6) is 0 Å². The van der Waals surface area contributed by atoms with Gasteiger partial charge in [0.05, 0.1) is 16.4 Å². The number of hydrogen-bond donors (Lipinski definition) is 2. The molecule has 2 aromatic rings. The van der Waals surface area contributed by atoms with Crippen molar-refractivity contribution in [1.29, 1.82) is 0 Å². The van der Waals surface area contributed by atoms with Gasteiger partial charge in [0, 0.05) is 12.6 Å². The first-order valence-electron chi connectivity index (χ1n) is 5.92. The van der Waals surface area contributed by atoms with Crippen molar-refractivity contribution < 1.29 is 4.39 Å². The van der Waals surface area contributed by atoms with Gasteiger partial charge in [-0.15, -0.1) is 0 Å². The molecule has 0 fully saturated rings. The summed E-state index contributed by atoms with van der Waals surface area (Å²) in [6.45, 7) is 4.96. The summed E-state index contributed by atoms with van der Waals surface area (Å²) in [6, 6.07) is 0. The second kappa shape index (κ2) is 5.54. The maximum Gasteiger partial charge on any atom is 0.232 e. The minimum absolute atomic E-state index is 0.289. The highest BCUT2D eigenvalue weighted by Gasteiger charge is 2.15. The van der Waals surface area contributed by atoms with E-state index in [-0.39, 0.29) is 5.95 Å². The SMILES string of the molecule is CNc1nc(C)nc(Nc2c(C)c(F)nc(C)c2Cl)n1. The van der Waals surface area contributed by atoms with Gasteiger partial charge >= 0.3 is 0 Å². The molecule has 2 rings (SSSR count). The van der Waals surface area contributed by atoms with Crippen LogP contribution >= 0.6 is 11.6 Å². The van der Waals surface area contributed by atoms with Crippen molar-refractivity contribution in [2.45, 2.75) is 20.8 Å². The summed E-state index contributed by atoms with van der Waals surface area (Å²) in [4.78, 5) is 16.1. The minimum atomic E-state index is -0.575. The highest BCUT2D eigenvalue weighted by molar-refractivity contribution is 6.34. The van der Waals surface area contributed by atoms with E-state index in [4.69, 9.17) is 11.6 Å². The Labute approximate surface area is 120 Å². The number of rotatable bonds is 3. The van der Waals surface area contributed by atoms with Crippen molar-refractivity contribution in [1.82, 2.24) is 19.9 Å². The molecule has 0 spiro atoms. The summed E-state index contributed by atoms with van der Waals surface area (Å²) < 4.78 is 13.7. The van der Waals surface area contributed by atoms with Gasteiger partial charge in [-0.3, -0.25) is 0 Å². The van der Waals surface area contributed by atoms with Gasteiger partial charge in [0.1, 0.15) is 5.82 Å². The van der Waals surface area contributed by atoms with Crippen LogP contribution in [0.15, 0.2) is 0 Å². The van der Waals surface area contributed by atoms with Crippen LogP contribution < -0.4 is 10.6 Å². The fourth-order valence-electron chi connectivity index (χ4n) is 1.64. The van der Waals surface area contributed by atoms with Crippen molar-refractivity contribution in [2.75, 3.05) is 17.7 Å². The summed E-state index contributed by atoms with van der Waals surface area (Å²) in [5, 5.41) is 6.09. The third-order valence-corrected chi connectivity index (χ3v) is 3.16. The summed E-state index contributed by atoms with van der Waals surface area (Å²) in [5.74, 6) is 0.665. The molecule has 8 heteroatoms. The highest BCUT2D eigenvalue weighted by Crippen LogP contribution is 2.31. The molecule has 2 N–H and O–H groups in total. The molecule has 0 saturated heterocycles. The molecule has 2 aromatic heterocycles. The van der Waals surface area contributed by atoms with Crippen molar-refractivity contribution >= 4 is 29.2 Å². The Balaban J connectivity index is 2.47. The fraction of sp³-hybridized carbons (Fsp3) is 0.333. The largest absolute Gasteiger partial charge is 0.357 e. The molecule has 0 aliphatic carbocycles. The molecule has 106 valence electrons. The maximum atomic E-state index is 13.7. The van der Waals surface area contributed by atoms with Gasteiger partial charge in [-0.25, -0.2) is 4.98 Å². The quantitative estimate of drug-likeness (QED) is 0.848. The van der Waals surface area contributed by atoms with Crippen LogP contribution in [-0.4, -0.2) is 27.0 Å². The Hall–Kier alpha value is -2.02. The number of pyridine rings is 1. The molecule has 0 aliphatic rings. The molecule has 20 heavy (non-hydrogen) atoms. The van der Waals surface area contributed by atoms with Crippen LogP contribution in [0.1, 0.15) is 17.1 Å². The van der Waals surface area contributed by atoms with Gasteiger partial charge in [0.15, 0.2) is 0 Å². The van der Waals surface area contributed by atoms with E-state index >= 15 is 0 Å². The average molecular weight is 297 g/mol. The first-order chi connectivity index (χ1) is 9.42. The van der Waals surface area contributed by atoms with Gasteiger partial charge in [-0.1, -0.05) is 11.6 Å². The number of nitrogens with one attached hydrogen (secondary N) is 2. The van der Waals surface area contributed by atoms with E-state index in [1.54, 1.807) is 27.8 Å². The van der Waals surface area contributed by atoms with Crippen molar-refractivity contribution in [3.8, 4) is 0 Å².